The van der Waals surface area contributed by atoms with Crippen LogP contribution in [0.3, 0.4) is 0 Å². The maximum absolute atomic E-state index is 12.6. The molecule has 0 fully saturated rings. The smallest absolute Gasteiger partial charge is 0.255 e. The van der Waals surface area contributed by atoms with Crippen LogP contribution in [0.2, 0.25) is 0 Å². The molecule has 0 bridgehead atoms. The summed E-state index contributed by atoms with van der Waals surface area (Å²) in [5.74, 6) is 1.56. The van der Waals surface area contributed by atoms with Crippen molar-refractivity contribution >= 4 is 5.91 Å². The van der Waals surface area contributed by atoms with Crippen molar-refractivity contribution in [3.05, 3.63) is 53.9 Å². The summed E-state index contributed by atoms with van der Waals surface area (Å²) >= 11 is 0. The third-order valence-corrected chi connectivity index (χ3v) is 4.01. The summed E-state index contributed by atoms with van der Waals surface area (Å²) in [5.41, 5.74) is 1.74. The number of fused-ring (bicyclic) bond motifs is 1. The summed E-state index contributed by atoms with van der Waals surface area (Å²) in [4.78, 5) is 18.5. The second-order valence-electron chi connectivity index (χ2n) is 5.57. The van der Waals surface area contributed by atoms with Gasteiger partial charge in [0.05, 0.1) is 5.56 Å². The van der Waals surface area contributed by atoms with E-state index in [0.717, 1.165) is 23.5 Å². The van der Waals surface area contributed by atoms with Crippen molar-refractivity contribution in [2.45, 2.75) is 26.3 Å². The largest absolute Gasteiger partial charge is 0.454 e. The van der Waals surface area contributed by atoms with E-state index in [2.05, 4.69) is 11.9 Å². The number of nitrogens with zero attached hydrogens (tertiary/aromatic N) is 2. The number of amides is 1. The molecule has 1 amide bonds. The minimum Gasteiger partial charge on any atom is -0.454 e. The zero-order valence-corrected chi connectivity index (χ0v) is 13.4. The molecule has 0 radical (unpaired) electrons. The highest BCUT2D eigenvalue weighted by Gasteiger charge is 2.21. The molecule has 0 saturated carbocycles. The molecular weight excluding hydrogens is 292 g/mol. The standard InChI is InChI=1S/C18H20N2O3/c1-3-20(18(21)15-5-4-8-19-11-15)13(2)9-14-6-7-16-17(10-14)23-12-22-16/h4-8,10-11,13H,3,9,12H2,1-2H3. The van der Waals surface area contributed by atoms with Gasteiger partial charge in [-0.25, -0.2) is 0 Å². The first-order valence-electron chi connectivity index (χ1n) is 7.78. The number of carbonyl (C=O) groups excluding carboxylic acids is 1. The van der Waals surface area contributed by atoms with Crippen molar-refractivity contribution in [2.75, 3.05) is 13.3 Å². The number of hydrogen-bond donors (Lipinski definition) is 0. The predicted molar refractivity (Wildman–Crippen MR) is 86.7 cm³/mol. The molecular formula is C18H20N2O3. The highest BCUT2D eigenvalue weighted by molar-refractivity contribution is 5.94. The van der Waals surface area contributed by atoms with Gasteiger partial charge in [0.15, 0.2) is 11.5 Å². The van der Waals surface area contributed by atoms with Gasteiger partial charge in [0.25, 0.3) is 5.91 Å². The molecule has 0 spiro atoms. The maximum atomic E-state index is 12.6. The number of ether oxygens (including phenoxy) is 2. The minimum absolute atomic E-state index is 0.00819. The number of hydrogen-bond acceptors (Lipinski definition) is 4. The lowest BCUT2D eigenvalue weighted by Crippen LogP contribution is -2.39. The molecule has 1 aromatic carbocycles. The summed E-state index contributed by atoms with van der Waals surface area (Å²) in [5, 5.41) is 0. The van der Waals surface area contributed by atoms with E-state index in [1.807, 2.05) is 30.0 Å². The third-order valence-electron chi connectivity index (χ3n) is 4.01. The van der Waals surface area contributed by atoms with Gasteiger partial charge in [0.2, 0.25) is 6.79 Å². The van der Waals surface area contributed by atoms with E-state index in [1.54, 1.807) is 24.5 Å². The van der Waals surface area contributed by atoms with Crippen LogP contribution in [-0.4, -0.2) is 35.2 Å². The van der Waals surface area contributed by atoms with Crippen LogP contribution >= 0.6 is 0 Å². The number of benzene rings is 1. The first kappa shape index (κ1) is 15.3. The first-order valence-corrected chi connectivity index (χ1v) is 7.78. The van der Waals surface area contributed by atoms with Crippen LogP contribution in [0.4, 0.5) is 0 Å². The normalized spacial score (nSPS) is 13.7. The second-order valence-corrected chi connectivity index (χ2v) is 5.57. The highest BCUT2D eigenvalue weighted by Crippen LogP contribution is 2.33. The van der Waals surface area contributed by atoms with Crippen LogP contribution in [0.25, 0.3) is 0 Å². The fourth-order valence-corrected chi connectivity index (χ4v) is 2.83. The predicted octanol–water partition coefficient (Wildman–Crippen LogP) is 2.90. The molecule has 1 atom stereocenters. The summed E-state index contributed by atoms with van der Waals surface area (Å²) < 4.78 is 10.7. The number of carbonyl (C=O) groups is 1. The fourth-order valence-electron chi connectivity index (χ4n) is 2.83. The molecule has 5 nitrogen and oxygen atoms in total. The lowest BCUT2D eigenvalue weighted by atomic mass is 10.0. The van der Waals surface area contributed by atoms with Crippen molar-refractivity contribution < 1.29 is 14.3 Å². The molecule has 120 valence electrons. The quantitative estimate of drug-likeness (QED) is 0.852. The van der Waals surface area contributed by atoms with E-state index >= 15 is 0 Å². The van der Waals surface area contributed by atoms with Gasteiger partial charge in [-0.05, 0) is 50.1 Å². The van der Waals surface area contributed by atoms with Gasteiger partial charge < -0.3 is 14.4 Å². The fraction of sp³-hybridized carbons (Fsp3) is 0.333. The Labute approximate surface area is 135 Å². The summed E-state index contributed by atoms with van der Waals surface area (Å²) in [6, 6.07) is 9.58. The zero-order valence-electron chi connectivity index (χ0n) is 13.4. The Morgan fingerprint density at radius 1 is 1.30 bits per heavy atom. The summed E-state index contributed by atoms with van der Waals surface area (Å²) in [6.45, 7) is 4.97. The second kappa shape index (κ2) is 6.69. The summed E-state index contributed by atoms with van der Waals surface area (Å²) in [7, 11) is 0. The Bertz CT molecular complexity index is 688. The van der Waals surface area contributed by atoms with Gasteiger partial charge >= 0.3 is 0 Å². The Balaban J connectivity index is 1.73. The number of pyridine rings is 1. The molecule has 2 aromatic rings. The van der Waals surface area contributed by atoms with Gasteiger partial charge in [0, 0.05) is 25.0 Å². The van der Waals surface area contributed by atoms with E-state index in [-0.39, 0.29) is 18.7 Å². The van der Waals surface area contributed by atoms with Crippen molar-refractivity contribution in [1.82, 2.24) is 9.88 Å². The molecule has 1 aliphatic heterocycles. The molecule has 0 aliphatic carbocycles. The molecule has 1 aromatic heterocycles. The van der Waals surface area contributed by atoms with E-state index in [9.17, 15) is 4.79 Å². The SMILES string of the molecule is CCN(C(=O)c1cccnc1)C(C)Cc1ccc2c(c1)OCO2. The van der Waals surface area contributed by atoms with Gasteiger partial charge in [0.1, 0.15) is 0 Å². The van der Waals surface area contributed by atoms with Crippen molar-refractivity contribution in [3.63, 3.8) is 0 Å². The van der Waals surface area contributed by atoms with Gasteiger partial charge in [-0.3, -0.25) is 9.78 Å². The number of likely N-dealkylation sites (N-methyl/N-ethyl adjacent to an activating group) is 1. The minimum atomic E-state index is 0.00819. The molecule has 5 heteroatoms. The van der Waals surface area contributed by atoms with Gasteiger partial charge in [-0.15, -0.1) is 0 Å². The van der Waals surface area contributed by atoms with Crippen LogP contribution in [0.1, 0.15) is 29.8 Å². The number of rotatable bonds is 5. The monoisotopic (exact) mass is 312 g/mol. The lowest BCUT2D eigenvalue weighted by Gasteiger charge is -2.28. The Morgan fingerprint density at radius 3 is 2.87 bits per heavy atom. The van der Waals surface area contributed by atoms with Crippen LogP contribution in [0, 0.1) is 0 Å². The molecule has 1 unspecified atom stereocenters. The molecule has 1 aliphatic rings. The van der Waals surface area contributed by atoms with Crippen molar-refractivity contribution in [3.8, 4) is 11.5 Å². The average Bonchev–Trinajstić information content (AvgIpc) is 3.04. The van der Waals surface area contributed by atoms with Gasteiger partial charge in [-0.2, -0.15) is 0 Å². The van der Waals surface area contributed by atoms with E-state index in [0.29, 0.717) is 12.1 Å². The van der Waals surface area contributed by atoms with Gasteiger partial charge in [-0.1, -0.05) is 6.07 Å². The highest BCUT2D eigenvalue weighted by atomic mass is 16.7. The van der Waals surface area contributed by atoms with Crippen molar-refractivity contribution in [1.29, 1.82) is 0 Å². The Hall–Kier alpha value is -2.56. The third kappa shape index (κ3) is 3.28. The average molecular weight is 312 g/mol. The topological polar surface area (TPSA) is 51.7 Å². The molecule has 2 heterocycles. The molecule has 0 saturated heterocycles. The van der Waals surface area contributed by atoms with Crippen molar-refractivity contribution in [2.24, 2.45) is 0 Å². The molecule has 3 rings (SSSR count). The lowest BCUT2D eigenvalue weighted by molar-refractivity contribution is 0.0703. The Morgan fingerprint density at radius 2 is 2.13 bits per heavy atom. The first-order chi connectivity index (χ1) is 11.2. The molecule has 0 N–H and O–H groups in total. The van der Waals surface area contributed by atoms with Crippen LogP contribution in [0.15, 0.2) is 42.7 Å². The zero-order chi connectivity index (χ0) is 16.2. The molecule has 23 heavy (non-hydrogen) atoms. The van der Waals surface area contributed by atoms with Crippen LogP contribution in [-0.2, 0) is 6.42 Å². The van der Waals surface area contributed by atoms with Crippen LogP contribution < -0.4 is 9.47 Å². The van der Waals surface area contributed by atoms with E-state index in [4.69, 9.17) is 9.47 Å². The van der Waals surface area contributed by atoms with E-state index < -0.39 is 0 Å². The summed E-state index contributed by atoms with van der Waals surface area (Å²) in [6.07, 6.45) is 4.04. The maximum Gasteiger partial charge on any atom is 0.255 e. The Kier molecular flexibility index (Phi) is 4.46. The van der Waals surface area contributed by atoms with E-state index in [1.165, 1.54) is 0 Å². The number of aromatic nitrogens is 1. The van der Waals surface area contributed by atoms with Crippen LogP contribution in [0.5, 0.6) is 11.5 Å².